The zero-order chi connectivity index (χ0) is 20.7. The smallest absolute Gasteiger partial charge is 0.228 e. The van der Waals surface area contributed by atoms with Gasteiger partial charge in [-0.05, 0) is 47.6 Å². The van der Waals surface area contributed by atoms with Crippen LogP contribution in [0, 0.1) is 11.8 Å². The third kappa shape index (κ3) is 3.86. The molecular weight excluding hydrogens is 364 g/mol. The van der Waals surface area contributed by atoms with Crippen molar-refractivity contribution >= 4 is 23.2 Å². The molecule has 2 aromatic rings. The topological polar surface area (TPSA) is 76.1 Å². The average molecular weight is 390 g/mol. The predicted octanol–water partition coefficient (Wildman–Crippen LogP) is 4.55. The number of rotatable bonds is 7. The summed E-state index contributed by atoms with van der Waals surface area (Å²) in [5, 5.41) is 2.88. The number of nitrogens with zero attached hydrogens (tertiary/aromatic N) is 1. The summed E-state index contributed by atoms with van der Waals surface area (Å²) >= 11 is 0. The van der Waals surface area contributed by atoms with Gasteiger partial charge in [0.15, 0.2) is 11.6 Å². The first-order valence-electron chi connectivity index (χ1n) is 10.4. The number of amides is 1. The number of nitrogens with one attached hydrogen (secondary N) is 1. The van der Waals surface area contributed by atoms with E-state index in [1.165, 1.54) is 0 Å². The molecule has 29 heavy (non-hydrogen) atoms. The summed E-state index contributed by atoms with van der Waals surface area (Å²) in [6.45, 7) is 5.97. The second-order valence-electron chi connectivity index (χ2n) is 8.36. The fourth-order valence-electron chi connectivity index (χ4n) is 4.14. The van der Waals surface area contributed by atoms with Crippen LogP contribution >= 0.6 is 0 Å². The highest BCUT2D eigenvalue weighted by Crippen LogP contribution is 2.41. The molecule has 3 atom stereocenters. The van der Waals surface area contributed by atoms with Crippen molar-refractivity contribution in [1.29, 1.82) is 0 Å². The molecule has 1 N–H and O–H groups in total. The molecule has 1 fully saturated rings. The SMILES string of the molecule is CCC(=O)c1cc(C(=O)C[C@H]2C[C@@H]2C)cc(C(C)c2cccc3c2CC(=O)N3)n1. The highest BCUT2D eigenvalue weighted by Gasteiger charge is 2.34. The van der Waals surface area contributed by atoms with Gasteiger partial charge in [0.2, 0.25) is 5.91 Å². The number of ketones is 2. The van der Waals surface area contributed by atoms with Crippen molar-refractivity contribution in [2.45, 2.75) is 52.4 Å². The summed E-state index contributed by atoms with van der Waals surface area (Å²) in [5.74, 6) is 0.924. The van der Waals surface area contributed by atoms with E-state index in [-0.39, 0.29) is 23.4 Å². The molecule has 0 spiro atoms. The first-order valence-corrected chi connectivity index (χ1v) is 10.4. The van der Waals surface area contributed by atoms with Crippen LogP contribution in [0.3, 0.4) is 0 Å². The second kappa shape index (κ2) is 7.54. The van der Waals surface area contributed by atoms with Crippen LogP contribution in [0.2, 0.25) is 0 Å². The van der Waals surface area contributed by atoms with Crippen LogP contribution < -0.4 is 5.32 Å². The maximum atomic E-state index is 12.9. The molecule has 0 radical (unpaired) electrons. The molecule has 2 heterocycles. The summed E-state index contributed by atoms with van der Waals surface area (Å²) in [6.07, 6.45) is 2.31. The Labute approximate surface area is 170 Å². The van der Waals surface area contributed by atoms with Crippen molar-refractivity contribution in [3.8, 4) is 0 Å². The lowest BCUT2D eigenvalue weighted by Crippen LogP contribution is -2.11. The lowest BCUT2D eigenvalue weighted by Gasteiger charge is -2.17. The molecule has 2 aliphatic rings. The number of fused-ring (bicyclic) bond motifs is 1. The van der Waals surface area contributed by atoms with Crippen LogP contribution in [0.1, 0.15) is 83.6 Å². The van der Waals surface area contributed by atoms with E-state index in [0.29, 0.717) is 48.0 Å². The number of hydrogen-bond acceptors (Lipinski definition) is 4. The minimum absolute atomic E-state index is 0.0167. The van der Waals surface area contributed by atoms with Gasteiger partial charge in [0.05, 0.1) is 6.42 Å². The monoisotopic (exact) mass is 390 g/mol. The summed E-state index contributed by atoms with van der Waals surface area (Å²) < 4.78 is 0. The lowest BCUT2D eigenvalue weighted by atomic mass is 9.90. The van der Waals surface area contributed by atoms with Gasteiger partial charge in [-0.2, -0.15) is 0 Å². The summed E-state index contributed by atoms with van der Waals surface area (Å²) in [6, 6.07) is 9.28. The first kappa shape index (κ1) is 19.5. The molecule has 1 unspecified atom stereocenters. The third-order valence-electron chi connectivity index (χ3n) is 6.23. The number of hydrogen-bond donors (Lipinski definition) is 1. The number of carbonyl (C=O) groups excluding carboxylic acids is 3. The molecule has 4 rings (SSSR count). The van der Waals surface area contributed by atoms with Crippen LogP contribution in [-0.2, 0) is 11.2 Å². The fraction of sp³-hybridized carbons (Fsp3) is 0.417. The number of Topliss-reactive ketones (excluding diaryl/α,β-unsaturated/α-hetero) is 2. The van der Waals surface area contributed by atoms with Gasteiger partial charge in [0, 0.05) is 35.7 Å². The van der Waals surface area contributed by atoms with Gasteiger partial charge in [-0.1, -0.05) is 32.9 Å². The first-order chi connectivity index (χ1) is 13.9. The van der Waals surface area contributed by atoms with Crippen LogP contribution in [0.15, 0.2) is 30.3 Å². The van der Waals surface area contributed by atoms with Gasteiger partial charge in [-0.15, -0.1) is 0 Å². The van der Waals surface area contributed by atoms with E-state index in [4.69, 9.17) is 0 Å². The quantitative estimate of drug-likeness (QED) is 0.704. The van der Waals surface area contributed by atoms with Gasteiger partial charge < -0.3 is 5.32 Å². The van der Waals surface area contributed by atoms with Gasteiger partial charge in [0.1, 0.15) is 5.69 Å². The zero-order valence-electron chi connectivity index (χ0n) is 17.1. The maximum Gasteiger partial charge on any atom is 0.228 e. The van der Waals surface area contributed by atoms with E-state index in [1.54, 1.807) is 13.0 Å². The fourth-order valence-corrected chi connectivity index (χ4v) is 4.14. The molecule has 0 saturated heterocycles. The van der Waals surface area contributed by atoms with Crippen molar-refractivity contribution in [2.24, 2.45) is 11.8 Å². The van der Waals surface area contributed by atoms with Crippen LogP contribution in [-0.4, -0.2) is 22.5 Å². The Morgan fingerprint density at radius 3 is 2.69 bits per heavy atom. The van der Waals surface area contributed by atoms with Crippen molar-refractivity contribution in [1.82, 2.24) is 4.98 Å². The molecule has 1 aromatic carbocycles. The maximum absolute atomic E-state index is 12.9. The third-order valence-corrected chi connectivity index (χ3v) is 6.23. The Bertz CT molecular complexity index is 1010. The zero-order valence-corrected chi connectivity index (χ0v) is 17.1. The molecule has 150 valence electrons. The molecule has 0 bridgehead atoms. The van der Waals surface area contributed by atoms with E-state index in [2.05, 4.69) is 17.2 Å². The Hall–Kier alpha value is -2.82. The summed E-state index contributed by atoms with van der Waals surface area (Å²) in [5.41, 5.74) is 4.43. The van der Waals surface area contributed by atoms with Crippen molar-refractivity contribution in [3.05, 3.63) is 58.4 Å². The van der Waals surface area contributed by atoms with Crippen LogP contribution in [0.5, 0.6) is 0 Å². The van der Waals surface area contributed by atoms with Crippen LogP contribution in [0.25, 0.3) is 0 Å². The lowest BCUT2D eigenvalue weighted by molar-refractivity contribution is -0.115. The Kier molecular flexibility index (Phi) is 5.07. The van der Waals surface area contributed by atoms with Gasteiger partial charge >= 0.3 is 0 Å². The molecule has 5 nitrogen and oxygen atoms in total. The molecule has 1 aliphatic heterocycles. The minimum Gasteiger partial charge on any atom is -0.326 e. The van der Waals surface area contributed by atoms with Crippen molar-refractivity contribution in [3.63, 3.8) is 0 Å². The Balaban J connectivity index is 1.72. The Morgan fingerprint density at radius 2 is 2.00 bits per heavy atom. The standard InChI is InChI=1S/C24H26N2O3/c1-4-22(27)21-10-16(23(28)11-15-8-13(15)2)9-20(25-21)14(3)17-6-5-7-19-18(17)12-24(29)26-19/h5-7,9-10,13-15H,4,8,11-12H2,1-3H3,(H,26,29)/t13-,14?,15+/m0/s1. The van der Waals surface area contributed by atoms with Gasteiger partial charge in [-0.3, -0.25) is 14.4 Å². The summed E-state index contributed by atoms with van der Waals surface area (Å²) in [4.78, 5) is 41.7. The molecule has 1 amide bonds. The highest BCUT2D eigenvalue weighted by atomic mass is 16.2. The highest BCUT2D eigenvalue weighted by molar-refractivity contribution is 6.01. The molecule has 1 saturated carbocycles. The number of carbonyl (C=O) groups is 3. The number of benzene rings is 1. The van der Waals surface area contributed by atoms with Crippen LogP contribution in [0.4, 0.5) is 5.69 Å². The number of aromatic nitrogens is 1. The largest absolute Gasteiger partial charge is 0.326 e. The molecule has 1 aromatic heterocycles. The van der Waals surface area contributed by atoms with Gasteiger partial charge in [0.25, 0.3) is 0 Å². The van der Waals surface area contributed by atoms with E-state index in [1.807, 2.05) is 31.2 Å². The van der Waals surface area contributed by atoms with E-state index >= 15 is 0 Å². The van der Waals surface area contributed by atoms with E-state index in [0.717, 1.165) is 23.2 Å². The van der Waals surface area contributed by atoms with Gasteiger partial charge in [-0.25, -0.2) is 4.98 Å². The molecule has 5 heteroatoms. The van der Waals surface area contributed by atoms with Crippen molar-refractivity contribution < 1.29 is 14.4 Å². The second-order valence-corrected chi connectivity index (χ2v) is 8.36. The molecule has 1 aliphatic carbocycles. The predicted molar refractivity (Wildman–Crippen MR) is 111 cm³/mol. The number of anilines is 1. The van der Waals surface area contributed by atoms with E-state index < -0.39 is 0 Å². The van der Waals surface area contributed by atoms with E-state index in [9.17, 15) is 14.4 Å². The van der Waals surface area contributed by atoms with Crippen molar-refractivity contribution in [2.75, 3.05) is 5.32 Å². The number of pyridine rings is 1. The molecular formula is C24H26N2O3. The minimum atomic E-state index is -0.131. The summed E-state index contributed by atoms with van der Waals surface area (Å²) in [7, 11) is 0. The average Bonchev–Trinajstić information content (AvgIpc) is 3.26. The normalized spacial score (nSPS) is 20.7. The Morgan fingerprint density at radius 1 is 1.24 bits per heavy atom.